The Balaban J connectivity index is 2.04. The first kappa shape index (κ1) is 8.27. The van der Waals surface area contributed by atoms with Crippen molar-refractivity contribution in [3.05, 3.63) is 17.3 Å². The van der Waals surface area contributed by atoms with Gasteiger partial charge in [-0.25, -0.2) is 0 Å². The van der Waals surface area contributed by atoms with E-state index in [0.717, 1.165) is 18.9 Å². The van der Waals surface area contributed by atoms with Gasteiger partial charge in [0.05, 0.1) is 12.0 Å². The number of hydrogen-bond acceptors (Lipinski definition) is 4. The monoisotopic (exact) mass is 194 g/mol. The minimum atomic E-state index is 0.137. The van der Waals surface area contributed by atoms with E-state index in [4.69, 9.17) is 16.9 Å². The first-order chi connectivity index (χ1) is 6.29. The fourth-order valence-corrected chi connectivity index (χ4v) is 1.33. The molecule has 66 valence electrons. The molecule has 0 saturated carbocycles. The highest BCUT2D eigenvalue weighted by Gasteiger charge is 2.27. The van der Waals surface area contributed by atoms with E-state index in [-0.39, 0.29) is 5.92 Å². The molecule has 2 rings (SSSR count). The molecule has 1 aliphatic rings. The molecule has 1 aromatic heterocycles. The largest absolute Gasteiger partial charge is 0.352 e. The van der Waals surface area contributed by atoms with Gasteiger partial charge in [0, 0.05) is 13.1 Å². The zero-order valence-corrected chi connectivity index (χ0v) is 7.57. The highest BCUT2D eigenvalue weighted by atomic mass is 35.5. The molecule has 1 saturated heterocycles. The number of anilines is 1. The standard InChI is InChI=1S/C8H7ClN4/c9-7-1-2-8(12-11-7)13-4-6(3-10)5-13/h1-2,6H,4-5H2. The van der Waals surface area contributed by atoms with E-state index in [0.29, 0.717) is 5.15 Å². The molecule has 0 bridgehead atoms. The van der Waals surface area contributed by atoms with Crippen LogP contribution in [0, 0.1) is 17.2 Å². The summed E-state index contributed by atoms with van der Waals surface area (Å²) in [6.45, 7) is 1.49. The van der Waals surface area contributed by atoms with Gasteiger partial charge in [-0.05, 0) is 12.1 Å². The molecule has 13 heavy (non-hydrogen) atoms. The van der Waals surface area contributed by atoms with Gasteiger partial charge in [0.1, 0.15) is 0 Å². The van der Waals surface area contributed by atoms with Crippen LogP contribution in [-0.4, -0.2) is 23.3 Å². The molecule has 0 spiro atoms. The van der Waals surface area contributed by atoms with E-state index in [1.54, 1.807) is 6.07 Å². The topological polar surface area (TPSA) is 52.8 Å². The fraction of sp³-hybridized carbons (Fsp3) is 0.375. The van der Waals surface area contributed by atoms with Crippen molar-refractivity contribution in [2.45, 2.75) is 0 Å². The van der Waals surface area contributed by atoms with E-state index in [1.165, 1.54) is 0 Å². The van der Waals surface area contributed by atoms with Crippen LogP contribution < -0.4 is 4.90 Å². The molecule has 0 unspecified atom stereocenters. The third kappa shape index (κ3) is 1.56. The number of nitriles is 1. The maximum atomic E-state index is 8.56. The first-order valence-electron chi connectivity index (χ1n) is 3.93. The lowest BCUT2D eigenvalue weighted by Gasteiger charge is -2.35. The molecule has 0 radical (unpaired) electrons. The number of aromatic nitrogens is 2. The molecular formula is C8H7ClN4. The molecule has 1 aromatic rings. The SMILES string of the molecule is N#CC1CN(c2ccc(Cl)nn2)C1. The summed E-state index contributed by atoms with van der Waals surface area (Å²) in [5.74, 6) is 0.924. The van der Waals surface area contributed by atoms with Crippen molar-refractivity contribution >= 4 is 17.4 Å². The third-order valence-corrected chi connectivity index (χ3v) is 2.21. The maximum Gasteiger partial charge on any atom is 0.151 e. The summed E-state index contributed by atoms with van der Waals surface area (Å²) in [7, 11) is 0. The molecule has 0 amide bonds. The first-order valence-corrected chi connectivity index (χ1v) is 4.31. The molecule has 1 fully saturated rings. The second-order valence-electron chi connectivity index (χ2n) is 2.95. The van der Waals surface area contributed by atoms with Gasteiger partial charge in [-0.1, -0.05) is 11.6 Å². The summed E-state index contributed by atoms with van der Waals surface area (Å²) >= 11 is 5.59. The van der Waals surface area contributed by atoms with Gasteiger partial charge < -0.3 is 4.90 Å². The van der Waals surface area contributed by atoms with E-state index < -0.39 is 0 Å². The van der Waals surface area contributed by atoms with Crippen molar-refractivity contribution in [3.63, 3.8) is 0 Å². The lowest BCUT2D eigenvalue weighted by atomic mass is 10.0. The van der Waals surface area contributed by atoms with Gasteiger partial charge in [0.15, 0.2) is 11.0 Å². The van der Waals surface area contributed by atoms with Crippen molar-refractivity contribution in [1.29, 1.82) is 5.26 Å². The molecule has 4 nitrogen and oxygen atoms in total. The van der Waals surface area contributed by atoms with Crippen LogP contribution in [0.3, 0.4) is 0 Å². The fourth-order valence-electron chi connectivity index (χ4n) is 1.22. The summed E-state index contributed by atoms with van der Waals surface area (Å²) in [6, 6.07) is 5.70. The van der Waals surface area contributed by atoms with E-state index >= 15 is 0 Å². The molecule has 2 heterocycles. The highest BCUT2D eigenvalue weighted by molar-refractivity contribution is 6.29. The van der Waals surface area contributed by atoms with E-state index in [9.17, 15) is 0 Å². The Morgan fingerprint density at radius 3 is 2.77 bits per heavy atom. The van der Waals surface area contributed by atoms with E-state index in [2.05, 4.69) is 16.3 Å². The van der Waals surface area contributed by atoms with Crippen LogP contribution in [0.25, 0.3) is 0 Å². The third-order valence-electron chi connectivity index (χ3n) is 2.01. The van der Waals surface area contributed by atoms with Crippen LogP contribution in [-0.2, 0) is 0 Å². The van der Waals surface area contributed by atoms with Crippen molar-refractivity contribution < 1.29 is 0 Å². The Labute approximate surface area is 80.7 Å². The second-order valence-corrected chi connectivity index (χ2v) is 3.33. The quantitative estimate of drug-likeness (QED) is 0.672. The minimum Gasteiger partial charge on any atom is -0.352 e. The summed E-state index contributed by atoms with van der Waals surface area (Å²) in [4.78, 5) is 2.00. The van der Waals surface area contributed by atoms with Gasteiger partial charge in [0.2, 0.25) is 0 Å². The van der Waals surface area contributed by atoms with Gasteiger partial charge >= 0.3 is 0 Å². The predicted octanol–water partition coefficient (Wildman–Crippen LogP) is 1.09. The van der Waals surface area contributed by atoms with Gasteiger partial charge in [-0.15, -0.1) is 10.2 Å². The Morgan fingerprint density at radius 2 is 2.23 bits per heavy atom. The maximum absolute atomic E-state index is 8.56. The van der Waals surface area contributed by atoms with Crippen molar-refractivity contribution in [3.8, 4) is 6.07 Å². The van der Waals surface area contributed by atoms with Crippen LogP contribution in [0.1, 0.15) is 0 Å². The zero-order valence-electron chi connectivity index (χ0n) is 6.81. The molecular weight excluding hydrogens is 188 g/mol. The summed E-state index contributed by atoms with van der Waals surface area (Å²) in [5, 5.41) is 16.6. The highest BCUT2D eigenvalue weighted by Crippen LogP contribution is 2.21. The van der Waals surface area contributed by atoms with Crippen molar-refractivity contribution in [1.82, 2.24) is 10.2 Å². The van der Waals surface area contributed by atoms with Gasteiger partial charge in [-0.2, -0.15) is 5.26 Å². The van der Waals surface area contributed by atoms with Crippen LogP contribution in [0.5, 0.6) is 0 Å². The Morgan fingerprint density at radius 1 is 1.46 bits per heavy atom. The Hall–Kier alpha value is -1.34. The number of nitrogens with zero attached hydrogens (tertiary/aromatic N) is 4. The smallest absolute Gasteiger partial charge is 0.151 e. The summed E-state index contributed by atoms with van der Waals surface area (Å²) < 4.78 is 0. The molecule has 0 atom stereocenters. The van der Waals surface area contributed by atoms with Crippen LogP contribution >= 0.6 is 11.6 Å². The average molecular weight is 195 g/mol. The normalized spacial score (nSPS) is 16.5. The summed E-state index contributed by atoms with van der Waals surface area (Å²) in [5.41, 5.74) is 0. The van der Waals surface area contributed by atoms with E-state index in [1.807, 2.05) is 11.0 Å². The van der Waals surface area contributed by atoms with Crippen molar-refractivity contribution in [2.75, 3.05) is 18.0 Å². The van der Waals surface area contributed by atoms with Gasteiger partial charge in [0.25, 0.3) is 0 Å². The molecule has 0 aliphatic carbocycles. The number of hydrogen-bond donors (Lipinski definition) is 0. The number of halogens is 1. The lowest BCUT2D eigenvalue weighted by molar-refractivity contribution is 0.497. The average Bonchev–Trinajstić information content (AvgIpc) is 2.06. The summed E-state index contributed by atoms with van der Waals surface area (Å²) in [6.07, 6.45) is 0. The van der Waals surface area contributed by atoms with Crippen molar-refractivity contribution in [2.24, 2.45) is 5.92 Å². The molecule has 0 N–H and O–H groups in total. The second kappa shape index (κ2) is 3.19. The van der Waals surface area contributed by atoms with Gasteiger partial charge in [-0.3, -0.25) is 0 Å². The van der Waals surface area contributed by atoms with Crippen LogP contribution in [0.2, 0.25) is 5.15 Å². The minimum absolute atomic E-state index is 0.137. The molecule has 1 aliphatic heterocycles. The lowest BCUT2D eigenvalue weighted by Crippen LogP contribution is -2.46. The Bertz CT molecular complexity index is 336. The molecule has 5 heteroatoms. The van der Waals surface area contributed by atoms with Crippen LogP contribution in [0.4, 0.5) is 5.82 Å². The zero-order chi connectivity index (χ0) is 9.26. The molecule has 0 aromatic carbocycles. The predicted molar refractivity (Wildman–Crippen MR) is 48.4 cm³/mol. The van der Waals surface area contributed by atoms with Crippen LogP contribution in [0.15, 0.2) is 12.1 Å². The number of rotatable bonds is 1. The Kier molecular flexibility index (Phi) is 2.03.